The summed E-state index contributed by atoms with van der Waals surface area (Å²) < 4.78 is 82.0. The molecule has 0 saturated heterocycles. The second-order valence-electron chi connectivity index (χ2n) is 4.50. The first kappa shape index (κ1) is 18.3. The fourth-order valence-corrected chi connectivity index (χ4v) is 2.03. The number of hydrogen-bond acceptors (Lipinski definition) is 2. The number of esters is 1. The van der Waals surface area contributed by atoms with Crippen molar-refractivity contribution >= 4 is 5.97 Å². The Balaban J connectivity index is 3.45. The topological polar surface area (TPSA) is 26.3 Å². The number of rotatable bonds is 4. The molecule has 0 N–H and O–H groups in total. The van der Waals surface area contributed by atoms with Crippen LogP contribution in [0.1, 0.15) is 36.1 Å². The minimum Gasteiger partial charge on any atom is -0.466 e. The maximum Gasteiger partial charge on any atom is 0.416 e. The molecule has 1 rings (SSSR count). The second-order valence-corrected chi connectivity index (χ2v) is 4.50. The number of ether oxygens (including phenoxy) is 1. The predicted octanol–water partition coefficient (Wildman–Crippen LogP) is 4.39. The zero-order chi connectivity index (χ0) is 17.1. The molecule has 0 heterocycles. The number of halogens is 6. The Hall–Kier alpha value is -1.73. The van der Waals surface area contributed by atoms with Crippen molar-refractivity contribution in [3.05, 3.63) is 34.4 Å². The van der Waals surface area contributed by atoms with E-state index in [1.807, 2.05) is 0 Å². The summed E-state index contributed by atoms with van der Waals surface area (Å²) in [6.45, 7) is 2.85. The third-order valence-corrected chi connectivity index (χ3v) is 2.96. The highest BCUT2D eigenvalue weighted by molar-refractivity contribution is 5.73. The van der Waals surface area contributed by atoms with Crippen molar-refractivity contribution in [1.29, 1.82) is 0 Å². The van der Waals surface area contributed by atoms with Gasteiger partial charge < -0.3 is 4.74 Å². The SMILES string of the molecule is CCOC(=O)Cc1cc(CC)c(C(F)(F)F)cc1C(F)(F)F. The van der Waals surface area contributed by atoms with Crippen LogP contribution in [0, 0.1) is 0 Å². The average Bonchev–Trinajstić information content (AvgIpc) is 2.35. The Morgan fingerprint density at radius 1 is 0.955 bits per heavy atom. The lowest BCUT2D eigenvalue weighted by molar-refractivity contribution is -0.144. The number of aryl methyl sites for hydroxylation is 1. The molecule has 1 aromatic carbocycles. The van der Waals surface area contributed by atoms with Crippen LogP contribution in [0.25, 0.3) is 0 Å². The smallest absolute Gasteiger partial charge is 0.416 e. The molecular weight excluding hydrogens is 314 g/mol. The Morgan fingerprint density at radius 2 is 1.45 bits per heavy atom. The Kier molecular flexibility index (Phi) is 5.48. The molecule has 0 aliphatic rings. The van der Waals surface area contributed by atoms with Gasteiger partial charge in [-0.25, -0.2) is 0 Å². The Morgan fingerprint density at radius 3 is 1.86 bits per heavy atom. The van der Waals surface area contributed by atoms with E-state index in [-0.39, 0.29) is 24.7 Å². The maximum atomic E-state index is 13.0. The van der Waals surface area contributed by atoms with E-state index in [4.69, 9.17) is 0 Å². The van der Waals surface area contributed by atoms with E-state index < -0.39 is 41.4 Å². The van der Waals surface area contributed by atoms with Crippen LogP contribution in [-0.2, 0) is 34.7 Å². The van der Waals surface area contributed by atoms with Gasteiger partial charge in [0.25, 0.3) is 0 Å². The summed E-state index contributed by atoms with van der Waals surface area (Å²) in [5.41, 5.74) is -3.62. The Labute approximate surface area is 123 Å². The zero-order valence-electron chi connectivity index (χ0n) is 11.9. The number of carbonyl (C=O) groups is 1. The van der Waals surface area contributed by atoms with Crippen molar-refractivity contribution in [2.24, 2.45) is 0 Å². The van der Waals surface area contributed by atoms with Gasteiger partial charge in [0.2, 0.25) is 0 Å². The van der Waals surface area contributed by atoms with Gasteiger partial charge in [0.15, 0.2) is 0 Å². The lowest BCUT2D eigenvalue weighted by Crippen LogP contribution is -2.18. The Bertz CT molecular complexity index is 545. The largest absolute Gasteiger partial charge is 0.466 e. The number of benzene rings is 1. The van der Waals surface area contributed by atoms with Crippen molar-refractivity contribution in [1.82, 2.24) is 0 Å². The standard InChI is InChI=1S/C14H14F6O2/c1-3-8-5-9(6-12(21)22-4-2)11(14(18,19)20)7-10(8)13(15,16)17/h5,7H,3-4,6H2,1-2H3. The summed E-state index contributed by atoms with van der Waals surface area (Å²) in [6.07, 6.45) is -10.7. The minimum atomic E-state index is -4.99. The monoisotopic (exact) mass is 328 g/mol. The van der Waals surface area contributed by atoms with Crippen LogP contribution in [0.2, 0.25) is 0 Å². The lowest BCUT2D eigenvalue weighted by atomic mass is 9.94. The number of alkyl halides is 6. The maximum absolute atomic E-state index is 13.0. The molecule has 0 aromatic heterocycles. The molecular formula is C14H14F6O2. The van der Waals surface area contributed by atoms with E-state index in [0.717, 1.165) is 6.07 Å². The van der Waals surface area contributed by atoms with Crippen LogP contribution in [0.5, 0.6) is 0 Å². The molecule has 2 nitrogen and oxygen atoms in total. The van der Waals surface area contributed by atoms with Gasteiger partial charge in [-0.3, -0.25) is 4.79 Å². The van der Waals surface area contributed by atoms with Crippen LogP contribution in [0.3, 0.4) is 0 Å². The van der Waals surface area contributed by atoms with Crippen molar-refractivity contribution in [2.75, 3.05) is 6.61 Å². The normalized spacial score (nSPS) is 12.4. The van der Waals surface area contributed by atoms with Crippen LogP contribution < -0.4 is 0 Å². The first-order chi connectivity index (χ1) is 10.0. The van der Waals surface area contributed by atoms with Crippen LogP contribution >= 0.6 is 0 Å². The van der Waals surface area contributed by atoms with E-state index in [1.165, 1.54) is 13.8 Å². The molecule has 1 aromatic rings. The van der Waals surface area contributed by atoms with E-state index in [1.54, 1.807) is 0 Å². The minimum absolute atomic E-state index is 0.0263. The summed E-state index contributed by atoms with van der Waals surface area (Å²) in [4.78, 5) is 11.4. The van der Waals surface area contributed by atoms with Crippen molar-refractivity contribution in [3.8, 4) is 0 Å². The molecule has 0 bridgehead atoms. The number of carbonyl (C=O) groups excluding carboxylic acids is 1. The van der Waals surface area contributed by atoms with E-state index >= 15 is 0 Å². The van der Waals surface area contributed by atoms with Gasteiger partial charge in [0, 0.05) is 0 Å². The van der Waals surface area contributed by atoms with Gasteiger partial charge in [0.1, 0.15) is 0 Å². The van der Waals surface area contributed by atoms with Crippen LogP contribution in [0.15, 0.2) is 12.1 Å². The summed E-state index contributed by atoms with van der Waals surface area (Å²) in [5, 5.41) is 0. The highest BCUT2D eigenvalue weighted by atomic mass is 19.4. The molecule has 0 fully saturated rings. The first-order valence-electron chi connectivity index (χ1n) is 6.46. The fraction of sp³-hybridized carbons (Fsp3) is 0.500. The average molecular weight is 328 g/mol. The van der Waals surface area contributed by atoms with Crippen molar-refractivity contribution < 1.29 is 35.9 Å². The summed E-state index contributed by atoms with van der Waals surface area (Å²) in [7, 11) is 0. The third kappa shape index (κ3) is 4.38. The van der Waals surface area contributed by atoms with Gasteiger partial charge >= 0.3 is 18.3 Å². The highest BCUT2D eigenvalue weighted by Crippen LogP contribution is 2.39. The van der Waals surface area contributed by atoms with Crippen LogP contribution in [0.4, 0.5) is 26.3 Å². The summed E-state index contributed by atoms with van der Waals surface area (Å²) >= 11 is 0. The third-order valence-electron chi connectivity index (χ3n) is 2.96. The summed E-state index contributed by atoms with van der Waals surface area (Å²) in [5.74, 6) is -0.921. The van der Waals surface area contributed by atoms with Gasteiger partial charge in [-0.1, -0.05) is 13.0 Å². The van der Waals surface area contributed by atoms with Gasteiger partial charge in [-0.15, -0.1) is 0 Å². The molecule has 124 valence electrons. The lowest BCUT2D eigenvalue weighted by Gasteiger charge is -2.19. The molecule has 0 radical (unpaired) electrons. The molecule has 0 aliphatic heterocycles. The van der Waals surface area contributed by atoms with Crippen molar-refractivity contribution in [3.63, 3.8) is 0 Å². The van der Waals surface area contributed by atoms with Crippen LogP contribution in [-0.4, -0.2) is 12.6 Å². The molecule has 8 heteroatoms. The molecule has 0 aliphatic carbocycles. The number of hydrogen-bond donors (Lipinski definition) is 0. The zero-order valence-corrected chi connectivity index (χ0v) is 11.9. The van der Waals surface area contributed by atoms with Crippen molar-refractivity contribution in [2.45, 2.75) is 39.0 Å². The first-order valence-corrected chi connectivity index (χ1v) is 6.46. The molecule has 0 spiro atoms. The predicted molar refractivity (Wildman–Crippen MR) is 66.2 cm³/mol. The van der Waals surface area contributed by atoms with Gasteiger partial charge in [0.05, 0.1) is 24.2 Å². The van der Waals surface area contributed by atoms with E-state index in [2.05, 4.69) is 4.74 Å². The molecule has 0 saturated carbocycles. The van der Waals surface area contributed by atoms with Gasteiger partial charge in [-0.2, -0.15) is 26.3 Å². The quantitative estimate of drug-likeness (QED) is 0.605. The van der Waals surface area contributed by atoms with Gasteiger partial charge in [-0.05, 0) is 30.5 Å². The van der Waals surface area contributed by atoms with E-state index in [0.29, 0.717) is 0 Å². The molecule has 22 heavy (non-hydrogen) atoms. The fourth-order valence-electron chi connectivity index (χ4n) is 2.03. The molecule has 0 atom stereocenters. The van der Waals surface area contributed by atoms with E-state index in [9.17, 15) is 31.1 Å². The molecule has 0 unspecified atom stereocenters. The highest BCUT2D eigenvalue weighted by Gasteiger charge is 2.40. The summed E-state index contributed by atoms with van der Waals surface area (Å²) in [6, 6.07) is 0.843. The molecule has 0 amide bonds. The second kappa shape index (κ2) is 6.58.